The van der Waals surface area contributed by atoms with Gasteiger partial charge in [-0.05, 0) is 56.6 Å². The van der Waals surface area contributed by atoms with Gasteiger partial charge in [0.1, 0.15) is 5.75 Å². The first kappa shape index (κ1) is 18.7. The summed E-state index contributed by atoms with van der Waals surface area (Å²) in [5.74, 6) is -0.192. The maximum atomic E-state index is 12.8. The lowest BCUT2D eigenvalue weighted by Gasteiger charge is -2.27. The van der Waals surface area contributed by atoms with E-state index in [9.17, 15) is 9.90 Å². The third-order valence-corrected chi connectivity index (χ3v) is 5.17. The summed E-state index contributed by atoms with van der Waals surface area (Å²) in [6, 6.07) is 11.0. The minimum Gasteiger partial charge on any atom is -0.507 e. The number of halogens is 1. The molecule has 5 nitrogen and oxygen atoms in total. The third-order valence-electron chi connectivity index (χ3n) is 4.94. The Labute approximate surface area is 159 Å². The molecule has 2 aromatic rings. The monoisotopic (exact) mass is 373 g/mol. The van der Waals surface area contributed by atoms with Crippen LogP contribution < -0.4 is 0 Å². The van der Waals surface area contributed by atoms with Crippen molar-refractivity contribution in [1.82, 2.24) is 14.8 Å². The zero-order valence-electron chi connectivity index (χ0n) is 14.9. The number of nitrogens with zero attached hydrogens (tertiary/aromatic N) is 3. The highest BCUT2D eigenvalue weighted by atomic mass is 35.5. The molecular formula is C20H24ClN3O2. The Bertz CT molecular complexity index is 754. The van der Waals surface area contributed by atoms with Gasteiger partial charge in [0.05, 0.1) is 11.3 Å². The molecule has 0 saturated carbocycles. The lowest BCUT2D eigenvalue weighted by Crippen LogP contribution is -2.35. The fraction of sp³-hybridized carbons (Fsp3) is 0.400. The standard InChI is InChI=1S/C20H24ClN3O2/c1-23(14-16-5-2-3-10-22-16)17-6-4-11-24(12-9-17)20(26)18-8-7-15(21)13-19(18)25/h2-3,5,7-8,10,13,17,25H,4,6,9,11-12,14H2,1H3. The predicted octanol–water partition coefficient (Wildman–Crippen LogP) is 3.57. The highest BCUT2D eigenvalue weighted by Gasteiger charge is 2.25. The van der Waals surface area contributed by atoms with Crippen LogP contribution in [-0.4, -0.2) is 52.0 Å². The summed E-state index contributed by atoms with van der Waals surface area (Å²) in [6.07, 6.45) is 4.70. The first-order valence-corrected chi connectivity index (χ1v) is 9.30. The molecule has 6 heteroatoms. The second-order valence-electron chi connectivity index (χ2n) is 6.77. The van der Waals surface area contributed by atoms with Crippen molar-refractivity contribution >= 4 is 17.5 Å². The van der Waals surface area contributed by atoms with Crippen LogP contribution in [0.1, 0.15) is 35.3 Å². The van der Waals surface area contributed by atoms with Crippen LogP contribution >= 0.6 is 11.6 Å². The number of phenols is 1. The second kappa shape index (κ2) is 8.52. The Balaban J connectivity index is 1.61. The van der Waals surface area contributed by atoms with E-state index in [1.54, 1.807) is 12.1 Å². The normalized spacial score (nSPS) is 18.0. The van der Waals surface area contributed by atoms with Crippen molar-refractivity contribution in [2.45, 2.75) is 31.8 Å². The largest absolute Gasteiger partial charge is 0.507 e. The molecule has 1 aromatic heterocycles. The number of carbonyl (C=O) groups excluding carboxylic acids is 1. The molecule has 1 aliphatic rings. The van der Waals surface area contributed by atoms with Crippen molar-refractivity contribution in [2.24, 2.45) is 0 Å². The van der Waals surface area contributed by atoms with E-state index < -0.39 is 0 Å². The molecule has 0 bridgehead atoms. The molecule has 0 aliphatic carbocycles. The predicted molar refractivity (Wildman–Crippen MR) is 102 cm³/mol. The van der Waals surface area contributed by atoms with Gasteiger partial charge in [0.25, 0.3) is 5.91 Å². The molecular weight excluding hydrogens is 350 g/mol. The van der Waals surface area contributed by atoms with Gasteiger partial charge in [-0.1, -0.05) is 17.7 Å². The SMILES string of the molecule is CN(Cc1ccccn1)C1CCCN(C(=O)c2ccc(Cl)cc2O)CC1. The average Bonchev–Trinajstić information content (AvgIpc) is 2.88. The van der Waals surface area contributed by atoms with Crippen LogP contribution in [0.4, 0.5) is 0 Å². The van der Waals surface area contributed by atoms with Crippen LogP contribution in [0.5, 0.6) is 5.75 Å². The van der Waals surface area contributed by atoms with Gasteiger partial charge < -0.3 is 10.0 Å². The number of aromatic nitrogens is 1. The first-order valence-electron chi connectivity index (χ1n) is 8.92. The quantitative estimate of drug-likeness (QED) is 0.890. The molecule has 3 rings (SSSR count). The van der Waals surface area contributed by atoms with Crippen molar-refractivity contribution < 1.29 is 9.90 Å². The van der Waals surface area contributed by atoms with Gasteiger partial charge in [-0.15, -0.1) is 0 Å². The van der Waals surface area contributed by atoms with E-state index in [2.05, 4.69) is 16.9 Å². The molecule has 1 unspecified atom stereocenters. The van der Waals surface area contributed by atoms with Crippen LogP contribution in [0.15, 0.2) is 42.6 Å². The zero-order valence-corrected chi connectivity index (χ0v) is 15.7. The van der Waals surface area contributed by atoms with Crippen molar-refractivity contribution in [3.05, 3.63) is 58.9 Å². The van der Waals surface area contributed by atoms with E-state index in [4.69, 9.17) is 11.6 Å². The van der Waals surface area contributed by atoms with Crippen LogP contribution in [0.2, 0.25) is 5.02 Å². The average molecular weight is 374 g/mol. The number of pyridine rings is 1. The van der Waals surface area contributed by atoms with Gasteiger partial charge in [0, 0.05) is 36.9 Å². The Morgan fingerprint density at radius 1 is 1.31 bits per heavy atom. The number of likely N-dealkylation sites (tertiary alicyclic amines) is 1. The van der Waals surface area contributed by atoms with E-state index in [-0.39, 0.29) is 11.7 Å². The molecule has 1 aromatic carbocycles. The topological polar surface area (TPSA) is 56.7 Å². The van der Waals surface area contributed by atoms with Gasteiger partial charge >= 0.3 is 0 Å². The number of carbonyl (C=O) groups is 1. The fourth-order valence-corrected chi connectivity index (χ4v) is 3.62. The Morgan fingerprint density at radius 3 is 2.88 bits per heavy atom. The van der Waals surface area contributed by atoms with E-state index in [1.807, 2.05) is 29.3 Å². The van der Waals surface area contributed by atoms with Gasteiger partial charge in [0.2, 0.25) is 0 Å². The summed E-state index contributed by atoms with van der Waals surface area (Å²) in [4.78, 5) is 21.3. The molecule has 1 saturated heterocycles. The van der Waals surface area contributed by atoms with Crippen LogP contribution in [0.3, 0.4) is 0 Å². The summed E-state index contributed by atoms with van der Waals surface area (Å²) in [5.41, 5.74) is 1.37. The molecule has 26 heavy (non-hydrogen) atoms. The minimum absolute atomic E-state index is 0.0597. The van der Waals surface area contributed by atoms with E-state index in [0.29, 0.717) is 29.7 Å². The zero-order chi connectivity index (χ0) is 18.5. The molecule has 0 radical (unpaired) electrons. The number of aromatic hydroxyl groups is 1. The molecule has 2 heterocycles. The van der Waals surface area contributed by atoms with Crippen molar-refractivity contribution in [2.75, 3.05) is 20.1 Å². The van der Waals surface area contributed by atoms with Gasteiger partial charge in [0.15, 0.2) is 0 Å². The highest BCUT2D eigenvalue weighted by molar-refractivity contribution is 6.30. The van der Waals surface area contributed by atoms with Gasteiger partial charge in [-0.3, -0.25) is 14.7 Å². The second-order valence-corrected chi connectivity index (χ2v) is 7.21. The summed E-state index contributed by atoms with van der Waals surface area (Å²) in [5, 5.41) is 10.4. The molecule has 1 amide bonds. The van der Waals surface area contributed by atoms with Gasteiger partial charge in [-0.25, -0.2) is 0 Å². The Morgan fingerprint density at radius 2 is 2.15 bits per heavy atom. The van der Waals surface area contributed by atoms with Gasteiger partial charge in [-0.2, -0.15) is 0 Å². The smallest absolute Gasteiger partial charge is 0.257 e. The maximum absolute atomic E-state index is 12.8. The number of rotatable bonds is 4. The van der Waals surface area contributed by atoms with Crippen molar-refractivity contribution in [3.8, 4) is 5.75 Å². The van der Waals surface area contributed by atoms with E-state index in [0.717, 1.165) is 31.5 Å². The molecule has 1 atom stereocenters. The molecule has 138 valence electrons. The first-order chi connectivity index (χ1) is 12.5. The number of benzene rings is 1. The molecule has 1 aliphatic heterocycles. The Hall–Kier alpha value is -2.11. The molecule has 1 N–H and O–H groups in total. The highest BCUT2D eigenvalue weighted by Crippen LogP contribution is 2.25. The van der Waals surface area contributed by atoms with Crippen LogP contribution in [-0.2, 0) is 6.54 Å². The van der Waals surface area contributed by atoms with Crippen molar-refractivity contribution in [3.63, 3.8) is 0 Å². The van der Waals surface area contributed by atoms with Crippen LogP contribution in [0, 0.1) is 0 Å². The van der Waals surface area contributed by atoms with E-state index >= 15 is 0 Å². The summed E-state index contributed by atoms with van der Waals surface area (Å²) in [7, 11) is 2.11. The third kappa shape index (κ3) is 4.54. The van der Waals surface area contributed by atoms with Crippen molar-refractivity contribution in [1.29, 1.82) is 0 Å². The Kier molecular flexibility index (Phi) is 6.12. The minimum atomic E-state index is -0.132. The lowest BCUT2D eigenvalue weighted by atomic mass is 10.1. The maximum Gasteiger partial charge on any atom is 0.257 e. The number of hydrogen-bond donors (Lipinski definition) is 1. The number of hydrogen-bond acceptors (Lipinski definition) is 4. The molecule has 0 spiro atoms. The fourth-order valence-electron chi connectivity index (χ4n) is 3.45. The summed E-state index contributed by atoms with van der Waals surface area (Å²) >= 11 is 5.86. The van der Waals surface area contributed by atoms with E-state index in [1.165, 1.54) is 6.07 Å². The number of phenolic OH excluding ortho intramolecular Hbond substituents is 1. The summed E-state index contributed by atoms with van der Waals surface area (Å²) < 4.78 is 0. The summed E-state index contributed by atoms with van der Waals surface area (Å²) in [6.45, 7) is 2.18. The van der Waals surface area contributed by atoms with Crippen LogP contribution in [0.25, 0.3) is 0 Å². The lowest BCUT2D eigenvalue weighted by molar-refractivity contribution is 0.0754. The number of amides is 1. The molecule has 1 fully saturated rings.